The van der Waals surface area contributed by atoms with Crippen LogP contribution in [0.25, 0.3) is 0 Å². The maximum absolute atomic E-state index is 12.3. The van der Waals surface area contributed by atoms with Crippen LogP contribution in [-0.2, 0) is 9.53 Å². The quantitative estimate of drug-likeness (QED) is 0.824. The lowest BCUT2D eigenvalue weighted by atomic mass is 10.0. The summed E-state index contributed by atoms with van der Waals surface area (Å²) in [6.07, 6.45) is -1.49. The van der Waals surface area contributed by atoms with Gasteiger partial charge in [-0.1, -0.05) is 48.5 Å². The van der Waals surface area contributed by atoms with Gasteiger partial charge in [0.1, 0.15) is 0 Å². The summed E-state index contributed by atoms with van der Waals surface area (Å²) < 4.78 is 4.56. The number of hydrogen-bond acceptors (Lipinski definition) is 4. The third-order valence-electron chi connectivity index (χ3n) is 3.24. The molecule has 0 heterocycles. The van der Waals surface area contributed by atoms with Gasteiger partial charge in [-0.25, -0.2) is 4.79 Å². The number of carbonyl (C=O) groups is 2. The molecule has 22 heavy (non-hydrogen) atoms. The first-order valence-electron chi connectivity index (χ1n) is 6.80. The number of benzene rings is 2. The maximum atomic E-state index is 12.3. The van der Waals surface area contributed by atoms with Gasteiger partial charge in [-0.3, -0.25) is 4.79 Å². The van der Waals surface area contributed by atoms with Crippen molar-refractivity contribution in [2.24, 2.45) is 0 Å². The number of hydrogen-bond donors (Lipinski definition) is 2. The number of aliphatic hydroxyl groups excluding tert-OH is 1. The molecule has 0 aliphatic rings. The molecule has 0 bridgehead atoms. The van der Waals surface area contributed by atoms with Gasteiger partial charge in [0.2, 0.25) is 0 Å². The van der Waals surface area contributed by atoms with Crippen molar-refractivity contribution >= 4 is 11.9 Å². The van der Waals surface area contributed by atoms with E-state index in [0.717, 1.165) is 0 Å². The number of amides is 1. The third-order valence-corrected chi connectivity index (χ3v) is 3.24. The van der Waals surface area contributed by atoms with Crippen molar-refractivity contribution in [1.82, 2.24) is 5.32 Å². The highest BCUT2D eigenvalue weighted by atomic mass is 16.5. The minimum absolute atomic E-state index is 0.377. The summed E-state index contributed by atoms with van der Waals surface area (Å²) in [7, 11) is 1.19. The number of rotatable bonds is 5. The van der Waals surface area contributed by atoms with E-state index in [1.165, 1.54) is 7.11 Å². The number of aliphatic hydroxyl groups is 1. The Bertz CT molecular complexity index is 628. The highest BCUT2D eigenvalue weighted by Gasteiger charge is 2.30. The van der Waals surface area contributed by atoms with Gasteiger partial charge in [0.05, 0.1) is 13.2 Å². The van der Waals surface area contributed by atoms with Crippen LogP contribution in [0.4, 0.5) is 0 Å². The van der Waals surface area contributed by atoms with Crippen LogP contribution in [0.1, 0.15) is 22.0 Å². The summed E-state index contributed by atoms with van der Waals surface area (Å²) in [6.45, 7) is 0. The monoisotopic (exact) mass is 299 g/mol. The van der Waals surface area contributed by atoms with Gasteiger partial charge in [-0.05, 0) is 17.7 Å². The number of nitrogens with one attached hydrogen (secondary N) is 1. The summed E-state index contributed by atoms with van der Waals surface area (Å²) in [4.78, 5) is 23.9. The van der Waals surface area contributed by atoms with Crippen molar-refractivity contribution in [2.45, 2.75) is 12.1 Å². The van der Waals surface area contributed by atoms with Gasteiger partial charge >= 0.3 is 5.97 Å². The minimum atomic E-state index is -1.49. The normalized spacial score (nSPS) is 13.0. The van der Waals surface area contributed by atoms with E-state index < -0.39 is 18.1 Å². The Morgan fingerprint density at radius 3 is 2.09 bits per heavy atom. The predicted molar refractivity (Wildman–Crippen MR) is 81.1 cm³/mol. The summed E-state index contributed by atoms with van der Waals surface area (Å²) in [5, 5.41) is 12.8. The fourth-order valence-electron chi connectivity index (χ4n) is 2.08. The van der Waals surface area contributed by atoms with E-state index in [9.17, 15) is 14.7 Å². The van der Waals surface area contributed by atoms with Gasteiger partial charge < -0.3 is 15.2 Å². The van der Waals surface area contributed by atoms with Crippen LogP contribution in [0.3, 0.4) is 0 Å². The van der Waals surface area contributed by atoms with Gasteiger partial charge in [0.15, 0.2) is 6.10 Å². The largest absolute Gasteiger partial charge is 0.467 e. The SMILES string of the molecule is COC(=O)C(O)[C@@H](NC(=O)c1ccccc1)c1ccccc1. The van der Waals surface area contributed by atoms with Crippen molar-refractivity contribution < 1.29 is 19.4 Å². The molecule has 0 saturated carbocycles. The van der Waals surface area contributed by atoms with E-state index in [0.29, 0.717) is 11.1 Å². The molecule has 5 nitrogen and oxygen atoms in total. The molecule has 0 radical (unpaired) electrons. The zero-order valence-corrected chi connectivity index (χ0v) is 12.1. The Morgan fingerprint density at radius 1 is 1.00 bits per heavy atom. The second-order valence-corrected chi connectivity index (χ2v) is 4.70. The first-order valence-corrected chi connectivity index (χ1v) is 6.80. The maximum Gasteiger partial charge on any atom is 0.337 e. The van der Waals surface area contributed by atoms with Gasteiger partial charge in [0, 0.05) is 5.56 Å². The van der Waals surface area contributed by atoms with Crippen LogP contribution in [0.2, 0.25) is 0 Å². The average molecular weight is 299 g/mol. The first-order chi connectivity index (χ1) is 10.6. The molecule has 2 rings (SSSR count). The highest BCUT2D eigenvalue weighted by Crippen LogP contribution is 2.18. The lowest BCUT2D eigenvalue weighted by Gasteiger charge is -2.23. The lowest BCUT2D eigenvalue weighted by Crippen LogP contribution is -2.40. The topological polar surface area (TPSA) is 75.6 Å². The Balaban J connectivity index is 2.25. The molecule has 1 amide bonds. The average Bonchev–Trinajstić information content (AvgIpc) is 2.59. The molecular weight excluding hydrogens is 282 g/mol. The second-order valence-electron chi connectivity index (χ2n) is 4.70. The molecule has 5 heteroatoms. The van der Waals surface area contributed by atoms with E-state index in [1.807, 2.05) is 6.07 Å². The Morgan fingerprint density at radius 2 is 1.55 bits per heavy atom. The van der Waals surface area contributed by atoms with E-state index in [2.05, 4.69) is 10.1 Å². The highest BCUT2D eigenvalue weighted by molar-refractivity contribution is 5.94. The summed E-state index contributed by atoms with van der Waals surface area (Å²) >= 11 is 0. The fraction of sp³-hybridized carbons (Fsp3) is 0.176. The molecule has 2 atom stereocenters. The van der Waals surface area contributed by atoms with Crippen LogP contribution < -0.4 is 5.32 Å². The zero-order chi connectivity index (χ0) is 15.9. The Hall–Kier alpha value is -2.66. The summed E-state index contributed by atoms with van der Waals surface area (Å²) in [5.74, 6) is -1.18. The number of ether oxygens (including phenoxy) is 1. The third kappa shape index (κ3) is 3.71. The van der Waals surface area contributed by atoms with Gasteiger partial charge in [-0.2, -0.15) is 0 Å². The van der Waals surface area contributed by atoms with E-state index in [4.69, 9.17) is 0 Å². The van der Waals surface area contributed by atoms with Crippen LogP contribution in [0.15, 0.2) is 60.7 Å². The Kier molecular flexibility index (Phi) is 5.27. The van der Waals surface area contributed by atoms with E-state index >= 15 is 0 Å². The summed E-state index contributed by atoms with van der Waals surface area (Å²) in [6, 6.07) is 16.5. The molecule has 2 aromatic carbocycles. The second kappa shape index (κ2) is 7.38. The molecule has 2 N–H and O–H groups in total. The van der Waals surface area contributed by atoms with Crippen molar-refractivity contribution in [2.75, 3.05) is 7.11 Å². The van der Waals surface area contributed by atoms with Crippen LogP contribution in [-0.4, -0.2) is 30.2 Å². The zero-order valence-electron chi connectivity index (χ0n) is 12.1. The molecule has 2 aromatic rings. The Labute approximate surface area is 128 Å². The smallest absolute Gasteiger partial charge is 0.337 e. The molecule has 0 spiro atoms. The fourth-order valence-corrected chi connectivity index (χ4v) is 2.08. The lowest BCUT2D eigenvalue weighted by molar-refractivity contribution is -0.151. The molecule has 0 fully saturated rings. The van der Waals surface area contributed by atoms with Crippen molar-refractivity contribution in [1.29, 1.82) is 0 Å². The first kappa shape index (κ1) is 15.7. The number of esters is 1. The van der Waals surface area contributed by atoms with Crippen molar-refractivity contribution in [3.8, 4) is 0 Å². The molecule has 0 aliphatic heterocycles. The van der Waals surface area contributed by atoms with E-state index in [1.54, 1.807) is 54.6 Å². The van der Waals surface area contributed by atoms with Crippen LogP contribution in [0.5, 0.6) is 0 Å². The van der Waals surface area contributed by atoms with Gasteiger partial charge in [-0.15, -0.1) is 0 Å². The molecule has 1 unspecified atom stereocenters. The minimum Gasteiger partial charge on any atom is -0.467 e. The summed E-state index contributed by atoms with van der Waals surface area (Å²) in [5.41, 5.74) is 1.06. The number of carbonyl (C=O) groups excluding carboxylic acids is 2. The van der Waals surface area contributed by atoms with Crippen molar-refractivity contribution in [3.63, 3.8) is 0 Å². The van der Waals surface area contributed by atoms with Gasteiger partial charge in [0.25, 0.3) is 5.91 Å². The number of methoxy groups -OCH3 is 1. The standard InChI is InChI=1S/C17H17NO4/c1-22-17(21)15(19)14(12-8-4-2-5-9-12)18-16(20)13-10-6-3-7-11-13/h2-11,14-15,19H,1H3,(H,18,20)/t14-,15?/m0/s1. The van der Waals surface area contributed by atoms with Crippen LogP contribution >= 0.6 is 0 Å². The molecule has 0 aliphatic carbocycles. The van der Waals surface area contributed by atoms with Crippen molar-refractivity contribution in [3.05, 3.63) is 71.8 Å². The van der Waals surface area contributed by atoms with E-state index in [-0.39, 0.29) is 5.91 Å². The predicted octanol–water partition coefficient (Wildman–Crippen LogP) is 1.69. The molecule has 0 aromatic heterocycles. The molecule has 114 valence electrons. The van der Waals surface area contributed by atoms with Crippen LogP contribution in [0, 0.1) is 0 Å². The molecular formula is C17H17NO4. The molecule has 0 saturated heterocycles.